The summed E-state index contributed by atoms with van der Waals surface area (Å²) < 4.78 is 27.0. The number of sulfonamides is 1. The summed E-state index contributed by atoms with van der Waals surface area (Å²) in [5.41, 5.74) is 1.32. The van der Waals surface area contributed by atoms with Gasteiger partial charge >= 0.3 is 0 Å². The van der Waals surface area contributed by atoms with E-state index in [0.717, 1.165) is 18.8 Å². The highest BCUT2D eigenvalue weighted by Crippen LogP contribution is 2.33. The van der Waals surface area contributed by atoms with Crippen LogP contribution in [0.2, 0.25) is 0 Å². The SMILES string of the molecule is Cc1ccc(CO)cc1S(=O)(=O)NCCCC1CC1. The van der Waals surface area contributed by atoms with Crippen molar-refractivity contribution in [2.75, 3.05) is 6.54 Å². The van der Waals surface area contributed by atoms with Gasteiger partial charge in [0.2, 0.25) is 10.0 Å². The Kier molecular flexibility index (Phi) is 4.60. The minimum atomic E-state index is -3.46. The van der Waals surface area contributed by atoms with Gasteiger partial charge in [-0.25, -0.2) is 13.1 Å². The van der Waals surface area contributed by atoms with Gasteiger partial charge in [0.25, 0.3) is 0 Å². The summed E-state index contributed by atoms with van der Waals surface area (Å²) in [6.45, 7) is 2.10. The Bertz CT molecular complexity index is 536. The molecule has 1 saturated carbocycles. The maximum atomic E-state index is 12.2. The molecule has 2 N–H and O–H groups in total. The highest BCUT2D eigenvalue weighted by molar-refractivity contribution is 7.89. The second kappa shape index (κ2) is 6.03. The third kappa shape index (κ3) is 4.03. The zero-order valence-electron chi connectivity index (χ0n) is 11.2. The van der Waals surface area contributed by atoms with Gasteiger partial charge in [0.05, 0.1) is 11.5 Å². The molecule has 1 aromatic rings. The molecular formula is C14H21NO3S. The van der Waals surface area contributed by atoms with E-state index in [0.29, 0.717) is 17.7 Å². The second-order valence-electron chi connectivity index (χ2n) is 5.24. The lowest BCUT2D eigenvalue weighted by Gasteiger charge is -2.10. The molecule has 1 aliphatic rings. The summed E-state index contributed by atoms with van der Waals surface area (Å²) in [6, 6.07) is 5.00. The molecule has 0 atom stereocenters. The second-order valence-corrected chi connectivity index (χ2v) is 6.98. The average Bonchev–Trinajstić information content (AvgIpc) is 3.19. The molecular weight excluding hydrogens is 262 g/mol. The fourth-order valence-corrected chi connectivity index (χ4v) is 3.48. The molecule has 1 aromatic carbocycles. The van der Waals surface area contributed by atoms with E-state index in [-0.39, 0.29) is 11.5 Å². The fraction of sp³-hybridized carbons (Fsp3) is 0.571. The van der Waals surface area contributed by atoms with Crippen LogP contribution in [0, 0.1) is 12.8 Å². The first-order valence-electron chi connectivity index (χ1n) is 6.73. The molecule has 0 unspecified atom stereocenters. The molecule has 0 bridgehead atoms. The van der Waals surface area contributed by atoms with E-state index in [1.54, 1.807) is 25.1 Å². The molecule has 0 amide bonds. The van der Waals surface area contributed by atoms with Crippen LogP contribution in [0.3, 0.4) is 0 Å². The number of aliphatic hydroxyl groups excluding tert-OH is 1. The molecule has 5 heteroatoms. The molecule has 0 aliphatic heterocycles. The van der Waals surface area contributed by atoms with Crippen LogP contribution < -0.4 is 4.72 Å². The van der Waals surface area contributed by atoms with E-state index in [9.17, 15) is 8.42 Å². The lowest BCUT2D eigenvalue weighted by Crippen LogP contribution is -2.25. The van der Waals surface area contributed by atoms with Crippen LogP contribution in [0.25, 0.3) is 0 Å². The molecule has 19 heavy (non-hydrogen) atoms. The molecule has 0 heterocycles. The smallest absolute Gasteiger partial charge is 0.240 e. The van der Waals surface area contributed by atoms with Crippen molar-refractivity contribution in [3.8, 4) is 0 Å². The minimum absolute atomic E-state index is 0.148. The standard InChI is InChI=1S/C14H21NO3S/c1-11-4-5-13(10-16)9-14(11)19(17,18)15-8-2-3-12-6-7-12/h4-5,9,12,15-16H,2-3,6-8,10H2,1H3. The van der Waals surface area contributed by atoms with Crippen molar-refractivity contribution in [3.63, 3.8) is 0 Å². The lowest BCUT2D eigenvalue weighted by atomic mass is 10.2. The summed E-state index contributed by atoms with van der Waals surface area (Å²) in [6.07, 6.45) is 4.59. The van der Waals surface area contributed by atoms with Crippen LogP contribution in [-0.4, -0.2) is 20.1 Å². The van der Waals surface area contributed by atoms with Crippen molar-refractivity contribution in [1.29, 1.82) is 0 Å². The van der Waals surface area contributed by atoms with Gasteiger partial charge in [-0.1, -0.05) is 25.0 Å². The minimum Gasteiger partial charge on any atom is -0.392 e. The van der Waals surface area contributed by atoms with Gasteiger partial charge in [-0.15, -0.1) is 0 Å². The lowest BCUT2D eigenvalue weighted by molar-refractivity contribution is 0.281. The Morgan fingerprint density at radius 2 is 2.11 bits per heavy atom. The Hall–Kier alpha value is -0.910. The van der Waals surface area contributed by atoms with Crippen molar-refractivity contribution in [2.24, 2.45) is 5.92 Å². The number of hydrogen-bond donors (Lipinski definition) is 2. The topological polar surface area (TPSA) is 66.4 Å². The fourth-order valence-electron chi connectivity index (χ4n) is 2.11. The van der Waals surface area contributed by atoms with Crippen molar-refractivity contribution in [3.05, 3.63) is 29.3 Å². The normalized spacial score (nSPS) is 15.7. The third-order valence-corrected chi connectivity index (χ3v) is 5.11. The van der Waals surface area contributed by atoms with Gasteiger partial charge in [0.1, 0.15) is 0 Å². The predicted octanol–water partition coefficient (Wildman–Crippen LogP) is 1.96. The third-order valence-electron chi connectivity index (χ3n) is 3.50. The maximum absolute atomic E-state index is 12.2. The molecule has 4 nitrogen and oxygen atoms in total. The van der Waals surface area contributed by atoms with Gasteiger partial charge in [0, 0.05) is 6.54 Å². The van der Waals surface area contributed by atoms with Crippen LogP contribution in [0.5, 0.6) is 0 Å². The van der Waals surface area contributed by atoms with Gasteiger partial charge in [0.15, 0.2) is 0 Å². The first kappa shape index (κ1) is 14.5. The Labute approximate surface area is 114 Å². The number of nitrogens with one attached hydrogen (secondary N) is 1. The van der Waals surface area contributed by atoms with Gasteiger partial charge < -0.3 is 5.11 Å². The van der Waals surface area contributed by atoms with Gasteiger partial charge in [-0.2, -0.15) is 0 Å². The maximum Gasteiger partial charge on any atom is 0.240 e. The van der Waals surface area contributed by atoms with Crippen molar-refractivity contribution < 1.29 is 13.5 Å². The van der Waals surface area contributed by atoms with Crippen LogP contribution in [0.4, 0.5) is 0 Å². The summed E-state index contributed by atoms with van der Waals surface area (Å²) in [5.74, 6) is 0.823. The molecule has 0 saturated heterocycles. The van der Waals surface area contributed by atoms with E-state index in [4.69, 9.17) is 5.11 Å². The van der Waals surface area contributed by atoms with E-state index >= 15 is 0 Å². The Morgan fingerprint density at radius 3 is 2.74 bits per heavy atom. The Balaban J connectivity index is 2.00. The zero-order valence-corrected chi connectivity index (χ0v) is 12.0. The molecule has 0 radical (unpaired) electrons. The summed E-state index contributed by atoms with van der Waals surface area (Å²) >= 11 is 0. The van der Waals surface area contributed by atoms with Crippen molar-refractivity contribution in [2.45, 2.75) is 44.1 Å². The van der Waals surface area contributed by atoms with E-state index in [2.05, 4.69) is 4.72 Å². The summed E-state index contributed by atoms with van der Waals surface area (Å²) in [5, 5.41) is 9.09. The van der Waals surface area contributed by atoms with Crippen molar-refractivity contribution >= 4 is 10.0 Å². The first-order chi connectivity index (χ1) is 9.03. The molecule has 2 rings (SSSR count). The Morgan fingerprint density at radius 1 is 1.37 bits per heavy atom. The monoisotopic (exact) mass is 283 g/mol. The number of rotatable bonds is 7. The van der Waals surface area contributed by atoms with Gasteiger partial charge in [-0.05, 0) is 42.9 Å². The first-order valence-corrected chi connectivity index (χ1v) is 8.21. The quantitative estimate of drug-likeness (QED) is 0.752. The molecule has 0 aromatic heterocycles. The number of benzene rings is 1. The molecule has 1 aliphatic carbocycles. The van der Waals surface area contributed by atoms with Crippen LogP contribution in [-0.2, 0) is 16.6 Å². The molecule has 0 spiro atoms. The van der Waals surface area contributed by atoms with E-state index in [1.165, 1.54) is 12.8 Å². The average molecular weight is 283 g/mol. The number of hydrogen-bond acceptors (Lipinski definition) is 3. The predicted molar refractivity (Wildman–Crippen MR) is 74.2 cm³/mol. The zero-order chi connectivity index (χ0) is 13.9. The van der Waals surface area contributed by atoms with Crippen molar-refractivity contribution in [1.82, 2.24) is 4.72 Å². The number of aryl methyl sites for hydroxylation is 1. The summed E-state index contributed by atoms with van der Waals surface area (Å²) in [7, 11) is -3.46. The highest BCUT2D eigenvalue weighted by atomic mass is 32.2. The highest BCUT2D eigenvalue weighted by Gasteiger charge is 2.21. The summed E-state index contributed by atoms with van der Waals surface area (Å²) in [4.78, 5) is 0.269. The number of aliphatic hydroxyl groups is 1. The molecule has 106 valence electrons. The molecule has 1 fully saturated rings. The van der Waals surface area contributed by atoms with Gasteiger partial charge in [-0.3, -0.25) is 0 Å². The van der Waals surface area contributed by atoms with Crippen LogP contribution in [0.15, 0.2) is 23.1 Å². The van der Waals surface area contributed by atoms with E-state index in [1.807, 2.05) is 0 Å². The van der Waals surface area contributed by atoms with E-state index < -0.39 is 10.0 Å². The largest absolute Gasteiger partial charge is 0.392 e. The van der Waals surface area contributed by atoms with Crippen LogP contribution >= 0.6 is 0 Å². The van der Waals surface area contributed by atoms with Crippen LogP contribution in [0.1, 0.15) is 36.8 Å².